The van der Waals surface area contributed by atoms with E-state index in [0.717, 1.165) is 6.42 Å². The lowest BCUT2D eigenvalue weighted by Gasteiger charge is -2.41. The first-order chi connectivity index (χ1) is 9.78. The fraction of sp³-hybridized carbons (Fsp3) is 0.500. The topological polar surface area (TPSA) is 66.4 Å². The minimum Gasteiger partial charge on any atom is -0.481 e. The van der Waals surface area contributed by atoms with Gasteiger partial charge < -0.3 is 10.4 Å². The predicted molar refractivity (Wildman–Crippen MR) is 76.4 cm³/mol. The van der Waals surface area contributed by atoms with Crippen molar-refractivity contribution in [2.24, 2.45) is 5.41 Å². The normalized spacial score (nSPS) is 16.9. The molecule has 5 heteroatoms. The predicted octanol–water partition coefficient (Wildman–Crippen LogP) is 2.47. The lowest BCUT2D eigenvalue weighted by molar-refractivity contribution is -0.147. The Morgan fingerprint density at radius 2 is 2.05 bits per heavy atom. The van der Waals surface area contributed by atoms with Crippen molar-refractivity contribution in [2.75, 3.05) is 6.54 Å². The van der Waals surface area contributed by atoms with Crippen molar-refractivity contribution < 1.29 is 19.1 Å². The van der Waals surface area contributed by atoms with E-state index >= 15 is 0 Å². The first-order valence-corrected chi connectivity index (χ1v) is 7.06. The van der Waals surface area contributed by atoms with Crippen LogP contribution in [0.2, 0.25) is 0 Å². The number of halogens is 1. The van der Waals surface area contributed by atoms with Crippen LogP contribution in [0.15, 0.2) is 24.3 Å². The van der Waals surface area contributed by atoms with E-state index < -0.39 is 16.8 Å². The van der Waals surface area contributed by atoms with E-state index in [1.54, 1.807) is 26.0 Å². The number of hydrogen-bond acceptors (Lipinski definition) is 2. The molecule has 1 aromatic carbocycles. The summed E-state index contributed by atoms with van der Waals surface area (Å²) >= 11 is 0. The van der Waals surface area contributed by atoms with Gasteiger partial charge in [0.1, 0.15) is 5.82 Å². The molecule has 0 heterocycles. The van der Waals surface area contributed by atoms with Crippen LogP contribution in [0.25, 0.3) is 0 Å². The summed E-state index contributed by atoms with van der Waals surface area (Å²) in [6.45, 7) is 3.18. The molecular formula is C16H20FNO3. The molecule has 1 fully saturated rings. The number of aliphatic carboxylic acids is 1. The van der Waals surface area contributed by atoms with Crippen LogP contribution in [0.4, 0.5) is 4.39 Å². The van der Waals surface area contributed by atoms with E-state index in [2.05, 4.69) is 5.32 Å². The molecule has 2 rings (SSSR count). The zero-order chi connectivity index (χ0) is 15.7. The summed E-state index contributed by atoms with van der Waals surface area (Å²) in [6, 6.07) is 6.09. The highest BCUT2D eigenvalue weighted by atomic mass is 19.1. The quantitative estimate of drug-likeness (QED) is 0.876. The highest BCUT2D eigenvalue weighted by Crippen LogP contribution is 2.44. The molecule has 0 atom stereocenters. The van der Waals surface area contributed by atoms with Gasteiger partial charge in [0, 0.05) is 6.54 Å². The molecule has 0 aliphatic heterocycles. The average Bonchev–Trinajstić information content (AvgIpc) is 2.35. The Bertz CT molecular complexity index is 564. The van der Waals surface area contributed by atoms with E-state index in [1.165, 1.54) is 12.1 Å². The molecule has 2 N–H and O–H groups in total. The molecule has 1 aromatic rings. The average molecular weight is 293 g/mol. The van der Waals surface area contributed by atoms with Crippen molar-refractivity contribution in [1.82, 2.24) is 5.32 Å². The summed E-state index contributed by atoms with van der Waals surface area (Å²) in [6.07, 6.45) is 2.23. The monoisotopic (exact) mass is 293 g/mol. The Morgan fingerprint density at radius 3 is 2.52 bits per heavy atom. The summed E-state index contributed by atoms with van der Waals surface area (Å²) in [4.78, 5) is 23.6. The smallest absolute Gasteiger partial charge is 0.310 e. The molecule has 1 saturated carbocycles. The molecule has 1 aliphatic rings. The van der Waals surface area contributed by atoms with Crippen molar-refractivity contribution in [3.63, 3.8) is 0 Å². The first-order valence-electron chi connectivity index (χ1n) is 7.06. The van der Waals surface area contributed by atoms with Gasteiger partial charge in [0.05, 0.1) is 10.8 Å². The molecule has 21 heavy (non-hydrogen) atoms. The third kappa shape index (κ3) is 2.91. The third-order valence-electron chi connectivity index (χ3n) is 4.29. The van der Waals surface area contributed by atoms with Gasteiger partial charge in [-0.1, -0.05) is 18.6 Å². The summed E-state index contributed by atoms with van der Waals surface area (Å²) < 4.78 is 13.4. The standard InChI is InChI=1S/C16H20FNO3/c1-15(2,14(20)21)10-18-13(19)16(7-4-8-16)11-5-3-6-12(17)9-11/h3,5-6,9H,4,7-8,10H2,1-2H3,(H,18,19)(H,20,21). The number of hydrogen-bond donors (Lipinski definition) is 2. The summed E-state index contributed by atoms with van der Waals surface area (Å²) in [5.41, 5.74) is -1.07. The van der Waals surface area contributed by atoms with Gasteiger partial charge in [0.25, 0.3) is 0 Å². The molecular weight excluding hydrogens is 273 g/mol. The number of rotatable bonds is 5. The maximum Gasteiger partial charge on any atom is 0.310 e. The third-order valence-corrected chi connectivity index (χ3v) is 4.29. The van der Waals surface area contributed by atoms with Gasteiger partial charge in [-0.05, 0) is 44.4 Å². The van der Waals surface area contributed by atoms with Crippen LogP contribution in [-0.4, -0.2) is 23.5 Å². The molecule has 114 valence electrons. The van der Waals surface area contributed by atoms with Crippen molar-refractivity contribution in [1.29, 1.82) is 0 Å². The van der Waals surface area contributed by atoms with Crippen LogP contribution in [0.1, 0.15) is 38.7 Å². The molecule has 0 spiro atoms. The molecule has 0 saturated heterocycles. The Labute approximate surface area is 123 Å². The molecule has 0 radical (unpaired) electrons. The minimum absolute atomic E-state index is 0.0538. The van der Waals surface area contributed by atoms with E-state index in [0.29, 0.717) is 18.4 Å². The lowest BCUT2D eigenvalue weighted by Crippen LogP contribution is -2.51. The van der Waals surface area contributed by atoms with Gasteiger partial charge in [-0.2, -0.15) is 0 Å². The number of carbonyl (C=O) groups is 2. The van der Waals surface area contributed by atoms with Crippen molar-refractivity contribution in [3.8, 4) is 0 Å². The Hall–Kier alpha value is -1.91. The van der Waals surface area contributed by atoms with Crippen LogP contribution in [0.5, 0.6) is 0 Å². The van der Waals surface area contributed by atoms with Crippen molar-refractivity contribution in [2.45, 2.75) is 38.5 Å². The van der Waals surface area contributed by atoms with Gasteiger partial charge in [0.15, 0.2) is 0 Å². The van der Waals surface area contributed by atoms with Gasteiger partial charge >= 0.3 is 5.97 Å². The molecule has 4 nitrogen and oxygen atoms in total. The molecule has 1 aliphatic carbocycles. The number of carbonyl (C=O) groups excluding carboxylic acids is 1. The summed E-state index contributed by atoms with van der Waals surface area (Å²) in [5.74, 6) is -1.54. The number of benzene rings is 1. The number of carboxylic acid groups (broad SMARTS) is 1. The van der Waals surface area contributed by atoms with Crippen molar-refractivity contribution >= 4 is 11.9 Å². The van der Waals surface area contributed by atoms with E-state index in [4.69, 9.17) is 5.11 Å². The van der Waals surface area contributed by atoms with Crippen molar-refractivity contribution in [3.05, 3.63) is 35.6 Å². The van der Waals surface area contributed by atoms with Crippen LogP contribution >= 0.6 is 0 Å². The van der Waals surface area contributed by atoms with Gasteiger partial charge in [0.2, 0.25) is 5.91 Å². The van der Waals surface area contributed by atoms with Gasteiger partial charge in [-0.3, -0.25) is 9.59 Å². The number of carboxylic acids is 1. The maximum atomic E-state index is 13.4. The number of nitrogens with one attached hydrogen (secondary N) is 1. The highest BCUT2D eigenvalue weighted by molar-refractivity contribution is 5.89. The summed E-state index contributed by atoms with van der Waals surface area (Å²) in [7, 11) is 0. The molecule has 0 aromatic heterocycles. The second-order valence-corrected chi connectivity index (χ2v) is 6.32. The Balaban J connectivity index is 2.14. The highest BCUT2D eigenvalue weighted by Gasteiger charge is 2.46. The van der Waals surface area contributed by atoms with E-state index in [9.17, 15) is 14.0 Å². The van der Waals surface area contributed by atoms with E-state index in [-0.39, 0.29) is 18.3 Å². The molecule has 0 unspecified atom stereocenters. The van der Waals surface area contributed by atoms with Crippen LogP contribution in [-0.2, 0) is 15.0 Å². The zero-order valence-electron chi connectivity index (χ0n) is 12.3. The van der Waals surface area contributed by atoms with Gasteiger partial charge in [-0.15, -0.1) is 0 Å². The fourth-order valence-corrected chi connectivity index (χ4v) is 2.51. The zero-order valence-corrected chi connectivity index (χ0v) is 12.3. The number of amides is 1. The Morgan fingerprint density at radius 1 is 1.38 bits per heavy atom. The summed E-state index contributed by atoms with van der Waals surface area (Å²) in [5, 5.41) is 11.8. The van der Waals surface area contributed by atoms with Gasteiger partial charge in [-0.25, -0.2) is 4.39 Å². The second-order valence-electron chi connectivity index (χ2n) is 6.32. The SMILES string of the molecule is CC(C)(CNC(=O)C1(c2cccc(F)c2)CCC1)C(=O)O. The first kappa shape index (κ1) is 15.5. The largest absolute Gasteiger partial charge is 0.481 e. The molecule has 0 bridgehead atoms. The minimum atomic E-state index is -1.03. The fourth-order valence-electron chi connectivity index (χ4n) is 2.51. The molecule has 1 amide bonds. The maximum absolute atomic E-state index is 13.4. The van der Waals surface area contributed by atoms with Crippen LogP contribution in [0, 0.1) is 11.2 Å². The second kappa shape index (κ2) is 5.47. The lowest BCUT2D eigenvalue weighted by atomic mass is 9.63. The Kier molecular flexibility index (Phi) is 4.03. The van der Waals surface area contributed by atoms with Crippen LogP contribution < -0.4 is 5.32 Å². The van der Waals surface area contributed by atoms with Crippen LogP contribution in [0.3, 0.4) is 0 Å². The van der Waals surface area contributed by atoms with E-state index in [1.807, 2.05) is 0 Å².